The van der Waals surface area contributed by atoms with E-state index in [-0.39, 0.29) is 5.41 Å². The Hall–Kier alpha value is -6.51. The summed E-state index contributed by atoms with van der Waals surface area (Å²) in [5.41, 5.74) is 21.6. The number of hydrogen-bond donors (Lipinski definition) is 0. The summed E-state index contributed by atoms with van der Waals surface area (Å²) in [6.45, 7) is 7.36. The van der Waals surface area contributed by atoms with Crippen LogP contribution in [0.5, 0.6) is 0 Å². The van der Waals surface area contributed by atoms with Gasteiger partial charge in [-0.2, -0.15) is 0 Å². The van der Waals surface area contributed by atoms with Gasteiger partial charge >= 0.3 is 0 Å². The van der Waals surface area contributed by atoms with Gasteiger partial charge in [0.25, 0.3) is 0 Å². The highest BCUT2D eigenvalue weighted by Gasteiger charge is 2.47. The molecule has 5 unspecified atom stereocenters. The monoisotopic (exact) mass is 868 g/mol. The van der Waals surface area contributed by atoms with Crippen molar-refractivity contribution in [3.05, 3.63) is 231 Å². The van der Waals surface area contributed by atoms with Gasteiger partial charge in [0.1, 0.15) is 0 Å². The van der Waals surface area contributed by atoms with Gasteiger partial charge in [0, 0.05) is 46.8 Å². The minimum absolute atomic E-state index is 0.0614. The van der Waals surface area contributed by atoms with Crippen molar-refractivity contribution in [2.45, 2.75) is 96.4 Å². The van der Waals surface area contributed by atoms with Crippen LogP contribution in [0, 0.1) is 17.3 Å². The summed E-state index contributed by atoms with van der Waals surface area (Å²) in [5, 5.41) is 5.21. The molecule has 0 amide bonds. The fourth-order valence-corrected chi connectivity index (χ4v) is 13.7. The minimum atomic E-state index is 0.0614. The SMILES string of the molecule is CCC1=C(C2=CC=C(C3=CC4C(C=C3)C3=C(C=C(C5=CC(c6ccc7c(c6)C6C=CCCC6N7c6ccccc6)CC=C5)CC3)C4(C)C)CC2)C=Nc2c(c3ccccc3c3ccccc23)C1. The lowest BCUT2D eigenvalue weighted by Crippen LogP contribution is -2.30. The lowest BCUT2D eigenvalue weighted by atomic mass is 9.71. The Kier molecular flexibility index (Phi) is 9.78. The van der Waals surface area contributed by atoms with Crippen molar-refractivity contribution in [1.82, 2.24) is 0 Å². The molecule has 0 fully saturated rings. The molecule has 0 aromatic heterocycles. The highest BCUT2D eigenvalue weighted by atomic mass is 15.2. The Bertz CT molecular complexity index is 3270. The number of benzene rings is 5. The molecule has 2 heteroatoms. The smallest absolute Gasteiger partial charge is 0.0749 e. The Morgan fingerprint density at radius 3 is 2.27 bits per heavy atom. The molecule has 8 aliphatic rings. The minimum Gasteiger partial charge on any atom is -0.337 e. The Morgan fingerprint density at radius 2 is 1.45 bits per heavy atom. The van der Waals surface area contributed by atoms with Crippen molar-refractivity contribution in [3.8, 4) is 0 Å². The van der Waals surface area contributed by atoms with Crippen LogP contribution in [-0.4, -0.2) is 12.3 Å². The van der Waals surface area contributed by atoms with Crippen molar-refractivity contribution in [3.63, 3.8) is 0 Å². The lowest BCUT2D eigenvalue weighted by molar-refractivity contribution is 0.318. The van der Waals surface area contributed by atoms with E-state index in [1.54, 1.807) is 11.1 Å². The summed E-state index contributed by atoms with van der Waals surface area (Å²) < 4.78 is 0. The standard InChI is InChI=1S/C65H60N2/c1-4-41-36-58-52-21-9-8-19-50(52)51-20-10-11-23-56(51)64(58)66-40-59(41)43-27-25-42(26-28-43)47-29-32-53-54-33-30-48(39-61(54)65(2,3)60(53)38-47)45-16-14-15-44(35-45)46-31-34-63-57(37-46)55-22-12-13-24-62(55)67(63)49-17-6-5-7-18-49/h5-12,14,16-23,25,27,29,31-32,34-35,37-40,44,53,55,60,62H,4,13,15,24,26,28,30,33,36H2,1-3H3. The summed E-state index contributed by atoms with van der Waals surface area (Å²) in [6.07, 6.45) is 39.5. The topological polar surface area (TPSA) is 15.6 Å². The molecule has 0 spiro atoms. The maximum absolute atomic E-state index is 5.32. The van der Waals surface area contributed by atoms with Gasteiger partial charge in [-0.05, 0) is 159 Å². The zero-order valence-electron chi connectivity index (χ0n) is 39.3. The largest absolute Gasteiger partial charge is 0.337 e. The normalized spacial score (nSPS) is 25.7. The van der Waals surface area contributed by atoms with Gasteiger partial charge in [0.2, 0.25) is 0 Å². The summed E-state index contributed by atoms with van der Waals surface area (Å²) in [6, 6.07) is 36.7. The van der Waals surface area contributed by atoms with Crippen molar-refractivity contribution < 1.29 is 0 Å². The van der Waals surface area contributed by atoms with Crippen LogP contribution in [0.1, 0.15) is 101 Å². The molecule has 2 nitrogen and oxygen atoms in total. The van der Waals surface area contributed by atoms with Crippen LogP contribution in [-0.2, 0) is 6.42 Å². The van der Waals surface area contributed by atoms with Crippen LogP contribution in [0.3, 0.4) is 0 Å². The maximum Gasteiger partial charge on any atom is 0.0749 e. The molecular formula is C65H60N2. The molecule has 67 heavy (non-hydrogen) atoms. The lowest BCUT2D eigenvalue weighted by Gasteiger charge is -2.33. The van der Waals surface area contributed by atoms with Crippen LogP contribution < -0.4 is 4.90 Å². The van der Waals surface area contributed by atoms with Crippen LogP contribution >= 0.6 is 0 Å². The summed E-state index contributed by atoms with van der Waals surface area (Å²) in [7, 11) is 0. The Labute approximate surface area is 397 Å². The van der Waals surface area contributed by atoms with E-state index in [2.05, 4.69) is 196 Å². The zero-order chi connectivity index (χ0) is 44.8. The van der Waals surface area contributed by atoms with E-state index in [1.165, 1.54) is 95.0 Å². The molecule has 2 heterocycles. The molecule has 0 saturated heterocycles. The molecular weight excluding hydrogens is 809 g/mol. The second-order valence-electron chi connectivity index (χ2n) is 21.0. The first-order valence-corrected chi connectivity index (χ1v) is 25.4. The van der Waals surface area contributed by atoms with Gasteiger partial charge in [-0.1, -0.05) is 178 Å². The molecule has 2 aliphatic heterocycles. The Morgan fingerprint density at radius 1 is 0.701 bits per heavy atom. The number of aliphatic imine (C=N–C) groups is 1. The predicted molar refractivity (Wildman–Crippen MR) is 283 cm³/mol. The number of fused-ring (bicyclic) bond motifs is 11. The van der Waals surface area contributed by atoms with E-state index < -0.39 is 0 Å². The third kappa shape index (κ3) is 6.61. The summed E-state index contributed by atoms with van der Waals surface area (Å²) in [5.74, 6) is 1.79. The van der Waals surface area contributed by atoms with Crippen molar-refractivity contribution in [2.24, 2.45) is 22.2 Å². The Balaban J connectivity index is 0.757. The van der Waals surface area contributed by atoms with Crippen LogP contribution in [0.2, 0.25) is 0 Å². The molecule has 6 aliphatic carbocycles. The maximum atomic E-state index is 5.32. The fraction of sp³-hybridized carbons (Fsp3) is 0.277. The van der Waals surface area contributed by atoms with E-state index in [0.717, 1.165) is 57.1 Å². The third-order valence-electron chi connectivity index (χ3n) is 17.2. The quantitative estimate of drug-likeness (QED) is 0.123. The third-order valence-corrected chi connectivity index (χ3v) is 17.2. The predicted octanol–water partition coefficient (Wildman–Crippen LogP) is 17.0. The number of rotatable bonds is 6. The molecule has 13 rings (SSSR count). The van der Waals surface area contributed by atoms with Gasteiger partial charge in [-0.15, -0.1) is 0 Å². The summed E-state index contributed by atoms with van der Waals surface area (Å²) in [4.78, 5) is 7.94. The summed E-state index contributed by atoms with van der Waals surface area (Å²) >= 11 is 0. The number of anilines is 2. The molecule has 5 atom stereocenters. The highest BCUT2D eigenvalue weighted by molar-refractivity contribution is 6.15. The van der Waals surface area contributed by atoms with Crippen molar-refractivity contribution in [1.29, 1.82) is 0 Å². The number of para-hydroxylation sites is 1. The van der Waals surface area contributed by atoms with Gasteiger partial charge in [-0.3, -0.25) is 4.99 Å². The van der Waals surface area contributed by atoms with E-state index in [4.69, 9.17) is 4.99 Å². The zero-order valence-corrected chi connectivity index (χ0v) is 39.3. The fourth-order valence-electron chi connectivity index (χ4n) is 13.7. The average Bonchev–Trinajstić information content (AvgIpc) is 3.73. The van der Waals surface area contributed by atoms with Gasteiger partial charge in [0.05, 0.1) is 5.69 Å². The van der Waals surface area contributed by atoms with E-state index in [0.29, 0.717) is 29.7 Å². The van der Waals surface area contributed by atoms with Crippen molar-refractivity contribution in [2.75, 3.05) is 4.90 Å². The highest BCUT2D eigenvalue weighted by Crippen LogP contribution is 2.58. The van der Waals surface area contributed by atoms with Crippen LogP contribution in [0.15, 0.2) is 219 Å². The number of allylic oxidation sites excluding steroid dienone is 19. The van der Waals surface area contributed by atoms with Gasteiger partial charge in [-0.25, -0.2) is 0 Å². The van der Waals surface area contributed by atoms with Gasteiger partial charge in [0.15, 0.2) is 0 Å². The number of hydrogen-bond acceptors (Lipinski definition) is 2. The van der Waals surface area contributed by atoms with E-state index >= 15 is 0 Å². The molecule has 0 bridgehead atoms. The second kappa shape index (κ2) is 16.1. The van der Waals surface area contributed by atoms with E-state index in [1.807, 2.05) is 0 Å². The van der Waals surface area contributed by atoms with Crippen LogP contribution in [0.25, 0.3) is 21.5 Å². The van der Waals surface area contributed by atoms with Crippen LogP contribution in [0.4, 0.5) is 17.1 Å². The molecule has 5 aromatic rings. The molecule has 330 valence electrons. The average molecular weight is 869 g/mol. The second-order valence-corrected chi connectivity index (χ2v) is 21.0. The molecule has 0 N–H and O–H groups in total. The molecule has 5 aromatic carbocycles. The molecule has 0 radical (unpaired) electrons. The van der Waals surface area contributed by atoms with E-state index in [9.17, 15) is 0 Å². The first kappa shape index (κ1) is 40.7. The number of nitrogens with zero attached hydrogens (tertiary/aromatic N) is 2. The first-order valence-electron chi connectivity index (χ1n) is 25.4. The molecule has 0 saturated carbocycles. The van der Waals surface area contributed by atoms with Crippen molar-refractivity contribution >= 4 is 44.8 Å². The first-order chi connectivity index (χ1) is 32.9. The van der Waals surface area contributed by atoms with Gasteiger partial charge < -0.3 is 4.90 Å².